The summed E-state index contributed by atoms with van der Waals surface area (Å²) in [5, 5.41) is 2.66. The maximum atomic E-state index is 10.3. The highest BCUT2D eigenvalue weighted by atomic mass is 16.5. The van der Waals surface area contributed by atoms with Gasteiger partial charge in [0.15, 0.2) is 0 Å². The zero-order valence-corrected chi connectivity index (χ0v) is 9.55. The summed E-state index contributed by atoms with van der Waals surface area (Å²) in [4.78, 5) is 20.5. The van der Waals surface area contributed by atoms with Crippen LogP contribution in [-0.2, 0) is 14.3 Å². The van der Waals surface area contributed by atoms with Crippen LogP contribution in [0.1, 0.15) is 40.5 Å². The first kappa shape index (κ1) is 15.4. The van der Waals surface area contributed by atoms with E-state index < -0.39 is 0 Å². The van der Waals surface area contributed by atoms with Gasteiger partial charge in [-0.3, -0.25) is 9.59 Å². The summed E-state index contributed by atoms with van der Waals surface area (Å²) in [5.74, 6) is 0.00463. The van der Waals surface area contributed by atoms with Gasteiger partial charge >= 0.3 is 5.97 Å². The van der Waals surface area contributed by atoms with Gasteiger partial charge in [-0.25, -0.2) is 0 Å². The maximum Gasteiger partial charge on any atom is 0.305 e. The summed E-state index contributed by atoms with van der Waals surface area (Å²) in [7, 11) is 0. The molecule has 0 aliphatic rings. The van der Waals surface area contributed by atoms with Gasteiger partial charge < -0.3 is 10.1 Å². The van der Waals surface area contributed by atoms with Crippen LogP contribution in [0.25, 0.3) is 0 Å². The van der Waals surface area contributed by atoms with Gasteiger partial charge in [-0.05, 0) is 13.8 Å². The van der Waals surface area contributed by atoms with Gasteiger partial charge in [0.05, 0.1) is 6.61 Å². The van der Waals surface area contributed by atoms with Crippen molar-refractivity contribution in [3.8, 4) is 0 Å². The van der Waals surface area contributed by atoms with Crippen molar-refractivity contribution in [2.75, 3.05) is 13.2 Å². The fourth-order valence-electron chi connectivity index (χ4n) is 0.585. The number of hydrogen-bond acceptors (Lipinski definition) is 3. The molecule has 0 spiro atoms. The highest BCUT2D eigenvalue weighted by Crippen LogP contribution is 1.80. The van der Waals surface area contributed by atoms with Crippen LogP contribution in [0.4, 0.5) is 0 Å². The van der Waals surface area contributed by atoms with E-state index in [-0.39, 0.29) is 11.9 Å². The summed E-state index contributed by atoms with van der Waals surface area (Å²) in [6.07, 6.45) is 1.07. The van der Waals surface area contributed by atoms with Crippen LogP contribution < -0.4 is 5.32 Å². The molecule has 0 aliphatic carbocycles. The molecule has 0 atom stereocenters. The van der Waals surface area contributed by atoms with Crippen LogP contribution in [-0.4, -0.2) is 25.0 Å². The highest BCUT2D eigenvalue weighted by molar-refractivity contribution is 5.75. The molecule has 0 saturated heterocycles. The van der Waals surface area contributed by atoms with Gasteiger partial charge in [0.25, 0.3) is 0 Å². The predicted octanol–water partition coefficient (Wildman–Crippen LogP) is 1.49. The third-order valence-corrected chi connectivity index (χ3v) is 1.29. The van der Waals surface area contributed by atoms with E-state index in [2.05, 4.69) is 10.1 Å². The molecule has 1 amide bonds. The molecule has 0 bridgehead atoms. The molecule has 0 aromatic heterocycles. The molecular formula is C10H21NO3. The molecule has 0 fully saturated rings. The monoisotopic (exact) mass is 203 g/mol. The Morgan fingerprint density at radius 2 is 1.64 bits per heavy atom. The van der Waals surface area contributed by atoms with Gasteiger partial charge in [0, 0.05) is 19.4 Å². The third kappa shape index (κ3) is 13.5. The van der Waals surface area contributed by atoms with Crippen LogP contribution in [0.3, 0.4) is 0 Å². The molecular weight excluding hydrogens is 182 g/mol. The lowest BCUT2D eigenvalue weighted by Crippen LogP contribution is -2.20. The molecule has 4 nitrogen and oxygen atoms in total. The maximum absolute atomic E-state index is 10.3. The van der Waals surface area contributed by atoms with Gasteiger partial charge in [0.2, 0.25) is 5.91 Å². The van der Waals surface area contributed by atoms with Crippen molar-refractivity contribution < 1.29 is 14.3 Å². The molecule has 14 heavy (non-hydrogen) atoms. The molecule has 0 aliphatic heterocycles. The average molecular weight is 203 g/mol. The predicted molar refractivity (Wildman–Crippen MR) is 55.9 cm³/mol. The average Bonchev–Trinajstić information content (AvgIpc) is 2.19. The summed E-state index contributed by atoms with van der Waals surface area (Å²) in [5.41, 5.74) is 0. The second-order valence-electron chi connectivity index (χ2n) is 2.47. The van der Waals surface area contributed by atoms with Crippen molar-refractivity contribution in [2.24, 2.45) is 0 Å². The van der Waals surface area contributed by atoms with Crippen molar-refractivity contribution in [3.63, 3.8) is 0 Å². The fraction of sp³-hybridized carbons (Fsp3) is 0.800. The van der Waals surface area contributed by atoms with E-state index in [1.807, 2.05) is 13.8 Å². The van der Waals surface area contributed by atoms with Gasteiger partial charge in [-0.15, -0.1) is 0 Å². The number of rotatable bonds is 4. The summed E-state index contributed by atoms with van der Waals surface area (Å²) < 4.78 is 4.55. The first-order valence-electron chi connectivity index (χ1n) is 5.04. The number of carbonyl (C=O) groups is 2. The smallest absolute Gasteiger partial charge is 0.305 e. The van der Waals surface area contributed by atoms with Gasteiger partial charge in [0.1, 0.15) is 0 Å². The normalized spacial score (nSPS) is 8.29. The summed E-state index contributed by atoms with van der Waals surface area (Å²) >= 11 is 0. The SMILES string of the molecule is CCNC(=O)CC.CCOC(=O)CC. The number of hydrogen-bond donors (Lipinski definition) is 1. The Bertz CT molecular complexity index is 139. The Hall–Kier alpha value is -1.06. The number of ether oxygens (including phenoxy) is 1. The minimum atomic E-state index is -0.123. The third-order valence-electron chi connectivity index (χ3n) is 1.29. The quantitative estimate of drug-likeness (QED) is 0.704. The Balaban J connectivity index is 0. The summed E-state index contributed by atoms with van der Waals surface area (Å²) in [6.45, 7) is 8.56. The van der Waals surface area contributed by atoms with E-state index in [1.54, 1.807) is 13.8 Å². The first-order valence-corrected chi connectivity index (χ1v) is 5.04. The lowest BCUT2D eigenvalue weighted by Gasteiger charge is -1.93. The number of amides is 1. The molecule has 0 saturated carbocycles. The van der Waals surface area contributed by atoms with E-state index in [9.17, 15) is 9.59 Å². The number of nitrogens with one attached hydrogen (secondary N) is 1. The largest absolute Gasteiger partial charge is 0.466 e. The minimum Gasteiger partial charge on any atom is -0.466 e. The fourth-order valence-corrected chi connectivity index (χ4v) is 0.585. The van der Waals surface area contributed by atoms with Crippen molar-refractivity contribution in [1.82, 2.24) is 5.32 Å². The topological polar surface area (TPSA) is 55.4 Å². The molecule has 0 unspecified atom stereocenters. The van der Waals surface area contributed by atoms with Crippen LogP contribution >= 0.6 is 0 Å². The van der Waals surface area contributed by atoms with E-state index in [4.69, 9.17) is 0 Å². The second kappa shape index (κ2) is 11.9. The van der Waals surface area contributed by atoms with Crippen LogP contribution in [0.2, 0.25) is 0 Å². The van der Waals surface area contributed by atoms with Crippen molar-refractivity contribution in [2.45, 2.75) is 40.5 Å². The minimum absolute atomic E-state index is 0.123. The highest BCUT2D eigenvalue weighted by Gasteiger charge is 1.91. The second-order valence-corrected chi connectivity index (χ2v) is 2.47. The van der Waals surface area contributed by atoms with E-state index in [0.29, 0.717) is 19.4 Å². The van der Waals surface area contributed by atoms with Crippen LogP contribution in [0, 0.1) is 0 Å². The van der Waals surface area contributed by atoms with Crippen LogP contribution in [0.15, 0.2) is 0 Å². The van der Waals surface area contributed by atoms with Crippen molar-refractivity contribution in [1.29, 1.82) is 0 Å². The molecule has 0 aromatic carbocycles. The lowest BCUT2D eigenvalue weighted by molar-refractivity contribution is -0.142. The first-order chi connectivity index (χ1) is 6.62. The standard InChI is InChI=1S/C5H11NO.C5H10O2/c1-3-5(7)6-4-2;1-3-5(6)7-4-2/h3-4H2,1-2H3,(H,6,7);3-4H2,1-2H3. The number of esters is 1. The Morgan fingerprint density at radius 3 is 1.79 bits per heavy atom. The molecule has 4 heteroatoms. The van der Waals surface area contributed by atoms with Gasteiger partial charge in [-0.2, -0.15) is 0 Å². The Morgan fingerprint density at radius 1 is 1.07 bits per heavy atom. The Kier molecular flexibility index (Phi) is 13.1. The van der Waals surface area contributed by atoms with E-state index >= 15 is 0 Å². The zero-order chi connectivity index (χ0) is 11.4. The molecule has 0 rings (SSSR count). The molecule has 0 heterocycles. The molecule has 0 aromatic rings. The summed E-state index contributed by atoms with van der Waals surface area (Å²) in [6, 6.07) is 0. The van der Waals surface area contributed by atoms with Gasteiger partial charge in [-0.1, -0.05) is 13.8 Å². The molecule has 0 radical (unpaired) electrons. The van der Waals surface area contributed by atoms with Crippen LogP contribution in [0.5, 0.6) is 0 Å². The molecule has 84 valence electrons. The number of carbonyl (C=O) groups excluding carboxylic acids is 2. The van der Waals surface area contributed by atoms with E-state index in [1.165, 1.54) is 0 Å². The Labute approximate surface area is 86.0 Å². The molecule has 1 N–H and O–H groups in total. The van der Waals surface area contributed by atoms with Crippen molar-refractivity contribution in [3.05, 3.63) is 0 Å². The van der Waals surface area contributed by atoms with Crippen molar-refractivity contribution >= 4 is 11.9 Å². The zero-order valence-electron chi connectivity index (χ0n) is 9.55. The van der Waals surface area contributed by atoms with E-state index in [0.717, 1.165) is 6.54 Å². The lowest BCUT2D eigenvalue weighted by atomic mass is 10.4.